The molecular formula is C24H29N2O2. The summed E-state index contributed by atoms with van der Waals surface area (Å²) in [5, 5.41) is 4.86. The molecule has 2 aromatic rings. The van der Waals surface area contributed by atoms with Gasteiger partial charge < -0.3 is 9.47 Å². The van der Waals surface area contributed by atoms with Crippen LogP contribution in [0.15, 0.2) is 65.7 Å². The Kier molecular flexibility index (Phi) is 8.28. The molecule has 1 aliphatic rings. The van der Waals surface area contributed by atoms with Crippen LogP contribution in [0.4, 0.5) is 0 Å². The van der Waals surface area contributed by atoms with E-state index < -0.39 is 0 Å². The van der Waals surface area contributed by atoms with Crippen LogP contribution in [0.25, 0.3) is 11.4 Å². The molecule has 0 saturated heterocycles. The summed E-state index contributed by atoms with van der Waals surface area (Å²) in [5.41, 5.74) is 4.15. The summed E-state index contributed by atoms with van der Waals surface area (Å²) in [6.07, 6.45) is 3.87. The van der Waals surface area contributed by atoms with E-state index in [1.54, 1.807) is 0 Å². The van der Waals surface area contributed by atoms with Crippen molar-refractivity contribution in [1.82, 2.24) is 5.32 Å². The smallest absolute Gasteiger partial charge is 0.129 e. The Hall–Kier alpha value is -2.43. The van der Waals surface area contributed by atoms with Crippen LogP contribution in [0.2, 0.25) is 0 Å². The van der Waals surface area contributed by atoms with Gasteiger partial charge >= 0.3 is 0 Å². The largest absolute Gasteiger partial charge is 0.382 e. The Balaban J connectivity index is 1.51. The average Bonchev–Trinajstić information content (AvgIpc) is 3.18. The summed E-state index contributed by atoms with van der Waals surface area (Å²) in [6.45, 7) is 5.12. The van der Waals surface area contributed by atoms with Gasteiger partial charge in [-0.15, -0.1) is 0 Å². The number of rotatable bonds is 12. The van der Waals surface area contributed by atoms with Crippen molar-refractivity contribution < 1.29 is 9.47 Å². The van der Waals surface area contributed by atoms with Gasteiger partial charge in [0.05, 0.1) is 11.4 Å². The van der Waals surface area contributed by atoms with E-state index in [0.717, 1.165) is 80.5 Å². The molecule has 147 valence electrons. The van der Waals surface area contributed by atoms with Crippen LogP contribution in [0.1, 0.15) is 43.7 Å². The first-order valence-corrected chi connectivity index (χ1v) is 10.2. The normalized spacial score (nSPS) is 13.5. The summed E-state index contributed by atoms with van der Waals surface area (Å²) in [7, 11) is 0. The Morgan fingerprint density at radius 1 is 0.679 bits per heavy atom. The molecule has 0 saturated carbocycles. The first-order chi connectivity index (χ1) is 13.9. The number of aliphatic imine (C=N–C) groups is 1. The lowest BCUT2D eigenvalue weighted by atomic mass is 10.1. The maximum atomic E-state index is 5.66. The molecular weight excluding hydrogens is 348 g/mol. The number of ether oxygens (including phenoxy) is 2. The van der Waals surface area contributed by atoms with Crippen LogP contribution in [0, 0.1) is 0 Å². The summed E-state index contributed by atoms with van der Waals surface area (Å²) in [4.78, 5) is 4.86. The first-order valence-electron chi connectivity index (χ1n) is 10.2. The number of unbranched alkanes of at least 4 members (excludes halogenated alkanes) is 1. The third-order valence-electron chi connectivity index (χ3n) is 4.52. The van der Waals surface area contributed by atoms with Gasteiger partial charge in [0, 0.05) is 44.0 Å². The summed E-state index contributed by atoms with van der Waals surface area (Å²) < 4.78 is 11.0. The van der Waals surface area contributed by atoms with Gasteiger partial charge in [0.15, 0.2) is 0 Å². The summed E-state index contributed by atoms with van der Waals surface area (Å²) >= 11 is 0. The van der Waals surface area contributed by atoms with E-state index in [1.807, 2.05) is 43.3 Å². The van der Waals surface area contributed by atoms with Gasteiger partial charge in [0.25, 0.3) is 0 Å². The minimum absolute atomic E-state index is 0.767. The van der Waals surface area contributed by atoms with E-state index in [2.05, 4.69) is 24.3 Å². The van der Waals surface area contributed by atoms with Crippen molar-refractivity contribution in [1.29, 1.82) is 0 Å². The van der Waals surface area contributed by atoms with Gasteiger partial charge in [-0.3, -0.25) is 0 Å². The fourth-order valence-electron chi connectivity index (χ4n) is 3.09. The van der Waals surface area contributed by atoms with Gasteiger partial charge in [-0.05, 0) is 26.2 Å². The predicted octanol–water partition coefficient (Wildman–Crippen LogP) is 5.14. The lowest BCUT2D eigenvalue weighted by molar-refractivity contribution is 0.0864. The van der Waals surface area contributed by atoms with Crippen LogP contribution < -0.4 is 5.32 Å². The van der Waals surface area contributed by atoms with Gasteiger partial charge in [-0.2, -0.15) is 0 Å². The Morgan fingerprint density at radius 2 is 1.29 bits per heavy atom. The molecule has 0 bridgehead atoms. The highest BCUT2D eigenvalue weighted by atomic mass is 16.5. The zero-order chi connectivity index (χ0) is 19.4. The molecule has 0 amide bonds. The number of hydrogen-bond donors (Lipinski definition) is 0. The molecule has 0 aromatic heterocycles. The van der Waals surface area contributed by atoms with Crippen LogP contribution in [-0.2, 0) is 9.47 Å². The SMILES string of the molecule is CCOCCCOCCCCC1=NC(c2ccccc2)=C(c2ccccc2)[N]1. The van der Waals surface area contributed by atoms with Crippen molar-refractivity contribution in [2.45, 2.75) is 32.6 Å². The number of benzene rings is 2. The lowest BCUT2D eigenvalue weighted by Crippen LogP contribution is -2.10. The molecule has 1 radical (unpaired) electrons. The van der Waals surface area contributed by atoms with E-state index in [0.29, 0.717) is 0 Å². The van der Waals surface area contributed by atoms with Crippen molar-refractivity contribution in [3.8, 4) is 0 Å². The fourth-order valence-corrected chi connectivity index (χ4v) is 3.09. The molecule has 0 unspecified atom stereocenters. The molecule has 1 aliphatic heterocycles. The van der Waals surface area contributed by atoms with Crippen molar-refractivity contribution in [3.63, 3.8) is 0 Å². The Labute approximate surface area is 168 Å². The van der Waals surface area contributed by atoms with E-state index in [9.17, 15) is 0 Å². The second-order valence-corrected chi connectivity index (χ2v) is 6.69. The zero-order valence-electron chi connectivity index (χ0n) is 16.6. The molecule has 0 spiro atoms. The van der Waals surface area contributed by atoms with Crippen LogP contribution in [0.5, 0.6) is 0 Å². The summed E-state index contributed by atoms with van der Waals surface area (Å²) in [6, 6.07) is 20.6. The topological polar surface area (TPSA) is 44.9 Å². The van der Waals surface area contributed by atoms with Crippen molar-refractivity contribution in [3.05, 3.63) is 71.8 Å². The molecule has 0 fully saturated rings. The van der Waals surface area contributed by atoms with E-state index in [4.69, 9.17) is 19.8 Å². The quantitative estimate of drug-likeness (QED) is 0.481. The third-order valence-corrected chi connectivity index (χ3v) is 4.52. The highest BCUT2D eigenvalue weighted by Crippen LogP contribution is 2.31. The van der Waals surface area contributed by atoms with Crippen molar-refractivity contribution in [2.75, 3.05) is 26.4 Å². The monoisotopic (exact) mass is 377 g/mol. The number of nitrogens with zero attached hydrogens (tertiary/aromatic N) is 2. The maximum Gasteiger partial charge on any atom is 0.129 e. The van der Waals surface area contributed by atoms with Crippen LogP contribution in [0.3, 0.4) is 0 Å². The number of hydrogen-bond acceptors (Lipinski definition) is 3. The van der Waals surface area contributed by atoms with Crippen molar-refractivity contribution in [2.24, 2.45) is 4.99 Å². The molecule has 4 heteroatoms. The van der Waals surface area contributed by atoms with Crippen LogP contribution >= 0.6 is 0 Å². The van der Waals surface area contributed by atoms with Gasteiger partial charge in [0.1, 0.15) is 5.84 Å². The molecule has 28 heavy (non-hydrogen) atoms. The standard InChI is InChI=1S/C24H29N2O2/c1-2-27-18-11-19-28-17-10-9-16-22-25-23(20-12-5-3-6-13-20)24(26-22)21-14-7-4-8-15-21/h3-8,12-15H,2,9-11,16-19H2,1H3. The molecule has 3 rings (SSSR count). The van der Waals surface area contributed by atoms with Gasteiger partial charge in [-0.25, -0.2) is 10.3 Å². The van der Waals surface area contributed by atoms with E-state index in [1.165, 1.54) is 0 Å². The second-order valence-electron chi connectivity index (χ2n) is 6.69. The predicted molar refractivity (Wildman–Crippen MR) is 115 cm³/mol. The van der Waals surface area contributed by atoms with Crippen molar-refractivity contribution >= 4 is 17.2 Å². The molecule has 2 aromatic carbocycles. The fraction of sp³-hybridized carbons (Fsp3) is 0.375. The Bertz CT molecular complexity index is 770. The molecule has 0 N–H and O–H groups in total. The highest BCUT2D eigenvalue weighted by molar-refractivity contribution is 6.07. The minimum Gasteiger partial charge on any atom is -0.382 e. The van der Waals surface area contributed by atoms with Gasteiger partial charge in [0.2, 0.25) is 0 Å². The van der Waals surface area contributed by atoms with E-state index >= 15 is 0 Å². The van der Waals surface area contributed by atoms with Crippen LogP contribution in [-0.4, -0.2) is 32.3 Å². The maximum absolute atomic E-state index is 5.66. The van der Waals surface area contributed by atoms with Gasteiger partial charge in [-0.1, -0.05) is 60.7 Å². The third kappa shape index (κ3) is 6.04. The average molecular weight is 378 g/mol. The highest BCUT2D eigenvalue weighted by Gasteiger charge is 2.21. The molecule has 0 atom stereocenters. The minimum atomic E-state index is 0.767. The summed E-state index contributed by atoms with van der Waals surface area (Å²) in [5.74, 6) is 0.911. The first kappa shape index (κ1) is 20.3. The molecule has 1 heterocycles. The lowest BCUT2D eigenvalue weighted by Gasteiger charge is -2.06. The molecule has 0 aliphatic carbocycles. The zero-order valence-corrected chi connectivity index (χ0v) is 16.6. The molecule has 4 nitrogen and oxygen atoms in total. The Morgan fingerprint density at radius 3 is 1.96 bits per heavy atom. The second kappa shape index (κ2) is 11.4. The van der Waals surface area contributed by atoms with E-state index in [-0.39, 0.29) is 0 Å². The number of amidine groups is 1.